The van der Waals surface area contributed by atoms with Crippen molar-refractivity contribution in [3.8, 4) is 5.75 Å². The molecule has 0 N–H and O–H groups in total. The summed E-state index contributed by atoms with van der Waals surface area (Å²) < 4.78 is 11.3. The van der Waals surface area contributed by atoms with E-state index in [-0.39, 0.29) is 17.4 Å². The van der Waals surface area contributed by atoms with E-state index >= 15 is 0 Å². The van der Waals surface area contributed by atoms with E-state index in [1.54, 1.807) is 18.2 Å². The second kappa shape index (κ2) is 12.8. The standard InChI is InChI=1S/C36H46O4/c1-11-26(8)39-34(37)28-15-14-16-29(21-28)35(38)40-33-24(6)19-31(20-25(33)7)27(9)30-17-22(4)32(23(5)18-30)36(10,12-2)13-3/h14-21,26-27H,11-13H2,1-10H3. The van der Waals surface area contributed by atoms with Gasteiger partial charge in [-0.25, -0.2) is 9.59 Å². The van der Waals surface area contributed by atoms with Gasteiger partial charge in [-0.15, -0.1) is 0 Å². The molecule has 3 aromatic rings. The van der Waals surface area contributed by atoms with Crippen molar-refractivity contribution in [3.63, 3.8) is 0 Å². The van der Waals surface area contributed by atoms with E-state index in [0.717, 1.165) is 30.4 Å². The molecular weight excluding hydrogens is 496 g/mol. The first-order chi connectivity index (χ1) is 18.8. The van der Waals surface area contributed by atoms with Crippen molar-refractivity contribution in [2.75, 3.05) is 0 Å². The van der Waals surface area contributed by atoms with Gasteiger partial charge in [0.1, 0.15) is 5.75 Å². The van der Waals surface area contributed by atoms with Gasteiger partial charge in [0.05, 0.1) is 17.2 Å². The topological polar surface area (TPSA) is 52.6 Å². The van der Waals surface area contributed by atoms with Crippen LogP contribution in [0, 0.1) is 27.7 Å². The normalized spacial score (nSPS) is 13.1. The summed E-state index contributed by atoms with van der Waals surface area (Å²) in [7, 11) is 0. The Morgan fingerprint density at radius 3 is 1.70 bits per heavy atom. The zero-order valence-electron chi connectivity index (χ0n) is 26.0. The number of hydrogen-bond acceptors (Lipinski definition) is 4. The second-order valence-electron chi connectivity index (χ2n) is 11.6. The van der Waals surface area contributed by atoms with Crippen LogP contribution in [0.25, 0.3) is 0 Å². The number of esters is 2. The molecule has 3 rings (SSSR count). The van der Waals surface area contributed by atoms with Crippen LogP contribution < -0.4 is 4.74 Å². The number of hydrogen-bond donors (Lipinski definition) is 0. The summed E-state index contributed by atoms with van der Waals surface area (Å²) in [5.74, 6) is -0.196. The van der Waals surface area contributed by atoms with Gasteiger partial charge in [-0.05, 0) is 116 Å². The highest BCUT2D eigenvalue weighted by molar-refractivity contribution is 5.96. The molecular formula is C36H46O4. The van der Waals surface area contributed by atoms with E-state index in [1.807, 2.05) is 27.7 Å². The summed E-state index contributed by atoms with van der Waals surface area (Å²) >= 11 is 0. The number of benzene rings is 3. The van der Waals surface area contributed by atoms with Gasteiger partial charge in [-0.1, -0.05) is 65.0 Å². The molecule has 2 unspecified atom stereocenters. The first kappa shape index (κ1) is 31.1. The molecule has 0 aliphatic heterocycles. The zero-order valence-corrected chi connectivity index (χ0v) is 26.0. The minimum atomic E-state index is -0.498. The van der Waals surface area contributed by atoms with Gasteiger partial charge in [-0.3, -0.25) is 0 Å². The van der Waals surface area contributed by atoms with Crippen LogP contribution >= 0.6 is 0 Å². The lowest BCUT2D eigenvalue weighted by atomic mass is 9.73. The Morgan fingerprint density at radius 1 is 0.750 bits per heavy atom. The van der Waals surface area contributed by atoms with E-state index in [0.29, 0.717) is 16.9 Å². The van der Waals surface area contributed by atoms with Crippen LogP contribution in [0.5, 0.6) is 5.75 Å². The highest BCUT2D eigenvalue weighted by atomic mass is 16.5. The molecule has 0 heterocycles. The van der Waals surface area contributed by atoms with Gasteiger partial charge in [0.2, 0.25) is 0 Å². The average molecular weight is 543 g/mol. The number of carbonyl (C=O) groups is 2. The van der Waals surface area contributed by atoms with E-state index in [9.17, 15) is 9.59 Å². The van der Waals surface area contributed by atoms with Crippen molar-refractivity contribution in [3.05, 3.63) is 98.6 Å². The van der Waals surface area contributed by atoms with Crippen LogP contribution in [0.4, 0.5) is 0 Å². The molecule has 0 aromatic heterocycles. The fraction of sp³-hybridized carbons (Fsp3) is 0.444. The lowest BCUT2D eigenvalue weighted by Gasteiger charge is -2.32. The molecule has 4 nitrogen and oxygen atoms in total. The number of carbonyl (C=O) groups excluding carboxylic acids is 2. The van der Waals surface area contributed by atoms with Crippen molar-refractivity contribution in [2.45, 2.75) is 106 Å². The van der Waals surface area contributed by atoms with Crippen LogP contribution in [0.2, 0.25) is 0 Å². The Hall–Kier alpha value is -3.40. The van der Waals surface area contributed by atoms with Crippen LogP contribution in [-0.2, 0) is 10.2 Å². The molecule has 4 heteroatoms. The van der Waals surface area contributed by atoms with Crippen LogP contribution in [0.1, 0.15) is 126 Å². The Balaban J connectivity index is 1.86. The predicted octanol–water partition coefficient (Wildman–Crippen LogP) is 9.32. The smallest absolute Gasteiger partial charge is 0.343 e. The Bertz CT molecular complexity index is 1330. The van der Waals surface area contributed by atoms with Crippen LogP contribution in [0.3, 0.4) is 0 Å². The second-order valence-corrected chi connectivity index (χ2v) is 11.6. The maximum Gasteiger partial charge on any atom is 0.343 e. The Labute approximate surface area is 241 Å². The van der Waals surface area contributed by atoms with Gasteiger partial charge in [0.25, 0.3) is 0 Å². The highest BCUT2D eigenvalue weighted by Gasteiger charge is 2.27. The van der Waals surface area contributed by atoms with E-state index < -0.39 is 11.9 Å². The molecule has 0 bridgehead atoms. The summed E-state index contributed by atoms with van der Waals surface area (Å²) in [6, 6.07) is 15.4. The monoisotopic (exact) mass is 542 g/mol. The van der Waals surface area contributed by atoms with Crippen molar-refractivity contribution in [1.82, 2.24) is 0 Å². The quantitative estimate of drug-likeness (QED) is 0.189. The fourth-order valence-electron chi connectivity index (χ4n) is 5.65. The summed E-state index contributed by atoms with van der Waals surface area (Å²) in [5, 5.41) is 0. The molecule has 0 saturated heterocycles. The number of aryl methyl sites for hydroxylation is 4. The lowest BCUT2D eigenvalue weighted by Crippen LogP contribution is -2.22. The van der Waals surface area contributed by atoms with Gasteiger partial charge in [-0.2, -0.15) is 0 Å². The molecule has 0 aliphatic carbocycles. The van der Waals surface area contributed by atoms with Crippen molar-refractivity contribution < 1.29 is 19.1 Å². The summed E-state index contributed by atoms with van der Waals surface area (Å²) in [6.45, 7) is 21.4. The van der Waals surface area contributed by atoms with Crippen molar-refractivity contribution in [2.24, 2.45) is 0 Å². The van der Waals surface area contributed by atoms with Crippen molar-refractivity contribution in [1.29, 1.82) is 0 Å². The third-order valence-electron chi connectivity index (χ3n) is 8.61. The minimum absolute atomic E-state index is 0.183. The van der Waals surface area contributed by atoms with Gasteiger partial charge in [0.15, 0.2) is 0 Å². The molecule has 0 spiro atoms. The van der Waals surface area contributed by atoms with E-state index in [2.05, 4.69) is 65.8 Å². The summed E-state index contributed by atoms with van der Waals surface area (Å²) in [4.78, 5) is 25.5. The first-order valence-electron chi connectivity index (χ1n) is 14.6. The van der Waals surface area contributed by atoms with Gasteiger partial charge in [0, 0.05) is 5.92 Å². The average Bonchev–Trinajstić information content (AvgIpc) is 2.93. The van der Waals surface area contributed by atoms with Crippen molar-refractivity contribution >= 4 is 11.9 Å². The third-order valence-corrected chi connectivity index (χ3v) is 8.61. The highest BCUT2D eigenvalue weighted by Crippen LogP contribution is 2.39. The summed E-state index contributed by atoms with van der Waals surface area (Å²) in [5.41, 5.74) is 9.28. The Kier molecular flexibility index (Phi) is 10.00. The fourth-order valence-corrected chi connectivity index (χ4v) is 5.65. The molecule has 214 valence electrons. The molecule has 0 saturated carbocycles. The van der Waals surface area contributed by atoms with Gasteiger partial charge < -0.3 is 9.47 Å². The molecule has 0 aliphatic rings. The minimum Gasteiger partial charge on any atom is -0.459 e. The SMILES string of the molecule is CCC(C)OC(=O)c1cccc(C(=O)Oc2c(C)cc(C(C)c3cc(C)c(C(C)(CC)CC)c(C)c3)cc2C)c1. The molecule has 0 amide bonds. The molecule has 0 fully saturated rings. The lowest BCUT2D eigenvalue weighted by molar-refractivity contribution is 0.0334. The molecule has 40 heavy (non-hydrogen) atoms. The zero-order chi connectivity index (χ0) is 29.8. The molecule has 3 aromatic carbocycles. The first-order valence-corrected chi connectivity index (χ1v) is 14.6. The maximum atomic E-state index is 13.1. The molecule has 2 atom stereocenters. The van der Waals surface area contributed by atoms with Gasteiger partial charge >= 0.3 is 11.9 Å². The largest absolute Gasteiger partial charge is 0.459 e. The number of ether oxygens (including phenoxy) is 2. The number of rotatable bonds is 10. The van der Waals surface area contributed by atoms with Crippen LogP contribution in [-0.4, -0.2) is 18.0 Å². The van der Waals surface area contributed by atoms with E-state index in [1.165, 1.54) is 33.9 Å². The molecule has 0 radical (unpaired) electrons. The summed E-state index contributed by atoms with van der Waals surface area (Å²) in [6.07, 6.45) is 2.77. The Morgan fingerprint density at radius 2 is 1.23 bits per heavy atom. The predicted molar refractivity (Wildman–Crippen MR) is 164 cm³/mol. The van der Waals surface area contributed by atoms with Crippen LogP contribution in [0.15, 0.2) is 48.5 Å². The third kappa shape index (κ3) is 6.66. The van der Waals surface area contributed by atoms with E-state index in [4.69, 9.17) is 9.47 Å². The maximum absolute atomic E-state index is 13.1.